The number of alkyl halides is 2. The van der Waals surface area contributed by atoms with Gasteiger partial charge >= 0.3 is 5.97 Å². The molecule has 2 heterocycles. The van der Waals surface area contributed by atoms with Crippen LogP contribution in [-0.4, -0.2) is 50.0 Å². The lowest BCUT2D eigenvalue weighted by molar-refractivity contribution is -0.133. The highest BCUT2D eigenvalue weighted by Crippen LogP contribution is 2.25. The quantitative estimate of drug-likeness (QED) is 0.896. The Morgan fingerprint density at radius 1 is 1.30 bits per heavy atom. The highest BCUT2D eigenvalue weighted by atomic mass is 19.3. The molecule has 0 bridgehead atoms. The van der Waals surface area contributed by atoms with E-state index in [-0.39, 0.29) is 5.91 Å². The van der Waals surface area contributed by atoms with Gasteiger partial charge in [0.15, 0.2) is 5.69 Å². The normalized spacial score (nSPS) is 16.7. The van der Waals surface area contributed by atoms with Gasteiger partial charge in [-0.25, -0.2) is 18.3 Å². The zero-order chi connectivity index (χ0) is 14.9. The molecule has 1 aromatic rings. The number of carboxylic acid groups (broad SMARTS) is 1. The summed E-state index contributed by atoms with van der Waals surface area (Å²) in [7, 11) is 0. The van der Waals surface area contributed by atoms with Crippen LogP contribution in [-0.2, 0) is 4.79 Å². The van der Waals surface area contributed by atoms with Gasteiger partial charge in [0.25, 0.3) is 6.43 Å². The zero-order valence-electron chi connectivity index (χ0n) is 10.8. The van der Waals surface area contributed by atoms with Crippen LogP contribution in [0.25, 0.3) is 0 Å². The van der Waals surface area contributed by atoms with Gasteiger partial charge < -0.3 is 10.0 Å². The van der Waals surface area contributed by atoms with E-state index in [0.717, 1.165) is 12.8 Å². The lowest BCUT2D eigenvalue weighted by Gasteiger charge is -2.21. The fourth-order valence-corrected chi connectivity index (χ4v) is 2.25. The van der Waals surface area contributed by atoms with E-state index in [2.05, 4.69) is 10.3 Å². The van der Waals surface area contributed by atoms with Crippen LogP contribution in [0.5, 0.6) is 0 Å². The number of nitrogens with zero attached hydrogens (tertiary/aromatic N) is 4. The largest absolute Gasteiger partial charge is 0.476 e. The number of carbonyl (C=O) groups is 2. The maximum atomic E-state index is 13.0. The molecule has 1 unspecified atom stereocenters. The molecule has 1 fully saturated rings. The lowest BCUT2D eigenvalue weighted by atomic mass is 10.2. The van der Waals surface area contributed by atoms with Crippen molar-refractivity contribution >= 4 is 11.9 Å². The van der Waals surface area contributed by atoms with Crippen LogP contribution in [0.4, 0.5) is 8.78 Å². The number of carboxylic acids is 1. The molecule has 1 aromatic heterocycles. The summed E-state index contributed by atoms with van der Waals surface area (Å²) in [5.74, 6) is -1.95. The Bertz CT molecular complexity index is 526. The van der Waals surface area contributed by atoms with Crippen LogP contribution in [0.2, 0.25) is 0 Å². The number of amides is 1. The van der Waals surface area contributed by atoms with E-state index in [1.54, 1.807) is 4.90 Å². The van der Waals surface area contributed by atoms with Crippen molar-refractivity contribution in [1.29, 1.82) is 0 Å². The zero-order valence-corrected chi connectivity index (χ0v) is 10.8. The van der Waals surface area contributed by atoms with Crippen molar-refractivity contribution in [3.05, 3.63) is 11.4 Å². The SMILES string of the molecule is CC(C(=O)N1CCCC1)n1nnc(C(=O)O)c1C(F)F. The van der Waals surface area contributed by atoms with E-state index in [0.29, 0.717) is 17.8 Å². The fraction of sp³-hybridized carbons (Fsp3) is 0.636. The number of halogens is 2. The van der Waals surface area contributed by atoms with Gasteiger partial charge in [-0.3, -0.25) is 4.79 Å². The molecular weight excluding hydrogens is 274 g/mol. The van der Waals surface area contributed by atoms with Crippen LogP contribution >= 0.6 is 0 Å². The maximum Gasteiger partial charge on any atom is 0.358 e. The summed E-state index contributed by atoms with van der Waals surface area (Å²) < 4.78 is 26.7. The predicted octanol–water partition coefficient (Wildman–Crippen LogP) is 1.10. The number of rotatable bonds is 4. The van der Waals surface area contributed by atoms with Crippen LogP contribution in [0.3, 0.4) is 0 Å². The molecule has 0 spiro atoms. The van der Waals surface area contributed by atoms with Crippen molar-refractivity contribution in [3.8, 4) is 0 Å². The maximum absolute atomic E-state index is 13.0. The Morgan fingerprint density at radius 2 is 1.90 bits per heavy atom. The second-order valence-electron chi connectivity index (χ2n) is 4.58. The van der Waals surface area contributed by atoms with Crippen molar-refractivity contribution < 1.29 is 23.5 Å². The van der Waals surface area contributed by atoms with E-state index in [9.17, 15) is 18.4 Å². The lowest BCUT2D eigenvalue weighted by Crippen LogP contribution is -2.35. The third-order valence-corrected chi connectivity index (χ3v) is 3.28. The first kappa shape index (κ1) is 14.4. The number of carbonyl (C=O) groups excluding carboxylic acids is 1. The molecule has 1 atom stereocenters. The van der Waals surface area contributed by atoms with E-state index in [1.807, 2.05) is 0 Å². The number of hydrogen-bond donors (Lipinski definition) is 1. The van der Waals surface area contributed by atoms with Gasteiger partial charge in [0.1, 0.15) is 11.7 Å². The summed E-state index contributed by atoms with van der Waals surface area (Å²) in [4.78, 5) is 24.5. The standard InChI is InChI=1S/C11H14F2N4O3/c1-6(10(18)16-4-2-3-5-16)17-8(9(12)13)7(11(19)20)14-15-17/h6,9H,2-5H2,1H3,(H,19,20). The summed E-state index contributed by atoms with van der Waals surface area (Å²) in [6.07, 6.45) is -1.32. The van der Waals surface area contributed by atoms with Crippen molar-refractivity contribution in [2.45, 2.75) is 32.2 Å². The molecule has 1 aliphatic rings. The summed E-state index contributed by atoms with van der Waals surface area (Å²) >= 11 is 0. The topological polar surface area (TPSA) is 88.3 Å². The molecule has 2 rings (SSSR count). The minimum absolute atomic E-state index is 0.355. The third-order valence-electron chi connectivity index (χ3n) is 3.28. The van der Waals surface area contributed by atoms with Crippen molar-refractivity contribution in [3.63, 3.8) is 0 Å². The van der Waals surface area contributed by atoms with Crippen molar-refractivity contribution in [1.82, 2.24) is 19.9 Å². The molecule has 110 valence electrons. The van der Waals surface area contributed by atoms with Gasteiger partial charge in [-0.05, 0) is 19.8 Å². The number of aromatic nitrogens is 3. The van der Waals surface area contributed by atoms with Crippen LogP contribution in [0.1, 0.15) is 48.4 Å². The molecule has 0 aromatic carbocycles. The second-order valence-corrected chi connectivity index (χ2v) is 4.58. The first-order valence-corrected chi connectivity index (χ1v) is 6.18. The average Bonchev–Trinajstić information content (AvgIpc) is 3.05. The summed E-state index contributed by atoms with van der Waals surface area (Å²) in [5.41, 5.74) is -1.65. The Morgan fingerprint density at radius 3 is 2.40 bits per heavy atom. The molecule has 1 aliphatic heterocycles. The molecule has 7 nitrogen and oxygen atoms in total. The number of likely N-dealkylation sites (tertiary alicyclic amines) is 1. The van der Waals surface area contributed by atoms with E-state index < -0.39 is 29.8 Å². The first-order valence-electron chi connectivity index (χ1n) is 6.18. The number of aromatic carboxylic acids is 1. The molecule has 0 aliphatic carbocycles. The van der Waals surface area contributed by atoms with Crippen LogP contribution < -0.4 is 0 Å². The summed E-state index contributed by atoms with van der Waals surface area (Å²) in [6, 6.07) is -1.00. The summed E-state index contributed by atoms with van der Waals surface area (Å²) in [6.45, 7) is 2.56. The Labute approximate surface area is 113 Å². The highest BCUT2D eigenvalue weighted by molar-refractivity contribution is 5.87. The van der Waals surface area contributed by atoms with Crippen molar-refractivity contribution in [2.75, 3.05) is 13.1 Å². The molecule has 9 heteroatoms. The minimum Gasteiger partial charge on any atom is -0.476 e. The van der Waals surface area contributed by atoms with Gasteiger partial charge in [0.2, 0.25) is 5.91 Å². The van der Waals surface area contributed by atoms with Gasteiger partial charge in [-0.2, -0.15) is 0 Å². The van der Waals surface area contributed by atoms with Gasteiger partial charge in [-0.1, -0.05) is 5.21 Å². The monoisotopic (exact) mass is 288 g/mol. The Balaban J connectivity index is 2.31. The van der Waals surface area contributed by atoms with E-state index >= 15 is 0 Å². The van der Waals surface area contributed by atoms with Crippen molar-refractivity contribution in [2.24, 2.45) is 0 Å². The average molecular weight is 288 g/mol. The van der Waals surface area contributed by atoms with Crippen LogP contribution in [0.15, 0.2) is 0 Å². The molecule has 0 saturated carbocycles. The van der Waals surface area contributed by atoms with Gasteiger partial charge in [-0.15, -0.1) is 5.10 Å². The van der Waals surface area contributed by atoms with Gasteiger partial charge in [0.05, 0.1) is 0 Å². The van der Waals surface area contributed by atoms with Gasteiger partial charge in [0, 0.05) is 13.1 Å². The molecule has 20 heavy (non-hydrogen) atoms. The van der Waals surface area contributed by atoms with E-state index in [1.165, 1.54) is 6.92 Å². The Kier molecular flexibility index (Phi) is 3.96. The highest BCUT2D eigenvalue weighted by Gasteiger charge is 2.32. The first-order chi connectivity index (χ1) is 9.43. The second kappa shape index (κ2) is 5.51. The van der Waals surface area contributed by atoms with E-state index in [4.69, 9.17) is 5.11 Å². The molecule has 1 amide bonds. The number of hydrogen-bond acceptors (Lipinski definition) is 4. The van der Waals surface area contributed by atoms with Crippen LogP contribution in [0, 0.1) is 0 Å². The smallest absolute Gasteiger partial charge is 0.358 e. The third kappa shape index (κ3) is 2.47. The molecule has 1 saturated heterocycles. The molecular formula is C11H14F2N4O3. The Hall–Kier alpha value is -2.06. The summed E-state index contributed by atoms with van der Waals surface area (Å²) in [5, 5.41) is 15.5. The molecule has 1 N–H and O–H groups in total. The molecule has 0 radical (unpaired) electrons. The fourth-order valence-electron chi connectivity index (χ4n) is 2.25. The minimum atomic E-state index is -3.06. The predicted molar refractivity (Wildman–Crippen MR) is 62.5 cm³/mol.